The maximum atomic E-state index is 12.7. The van der Waals surface area contributed by atoms with Crippen LogP contribution in [0.15, 0.2) is 35.4 Å². The van der Waals surface area contributed by atoms with Gasteiger partial charge in [-0.3, -0.25) is 4.79 Å². The van der Waals surface area contributed by atoms with E-state index in [1.807, 2.05) is 6.92 Å². The number of hydrogen-bond donors (Lipinski definition) is 1. The largest absolute Gasteiger partial charge is 0.448 e. The highest BCUT2D eigenvalue weighted by Gasteiger charge is 2.27. The van der Waals surface area contributed by atoms with Crippen molar-refractivity contribution in [3.8, 4) is 0 Å². The minimum Gasteiger partial charge on any atom is -0.448 e. The smallest absolute Gasteiger partial charge is 0.355 e. The molecule has 0 spiro atoms. The molecule has 0 aliphatic carbocycles. The summed E-state index contributed by atoms with van der Waals surface area (Å²) in [6.45, 7) is 7.34. The van der Waals surface area contributed by atoms with Gasteiger partial charge in [0.1, 0.15) is 10.6 Å². The van der Waals surface area contributed by atoms with Crippen molar-refractivity contribution in [3.05, 3.63) is 46.7 Å². The third-order valence-electron chi connectivity index (χ3n) is 4.64. The summed E-state index contributed by atoms with van der Waals surface area (Å²) in [5.41, 5.74) is 1.35. The van der Waals surface area contributed by atoms with Crippen molar-refractivity contribution in [2.75, 3.05) is 18.4 Å². The molecule has 0 aliphatic heterocycles. The monoisotopic (exact) mass is 455 g/mol. The van der Waals surface area contributed by atoms with Gasteiger partial charge in [-0.05, 0) is 37.6 Å². The van der Waals surface area contributed by atoms with Crippen LogP contribution in [-0.2, 0) is 26.6 Å². The Labute approximate surface area is 181 Å². The van der Waals surface area contributed by atoms with Crippen molar-refractivity contribution < 1.29 is 22.7 Å². The Morgan fingerprint density at radius 3 is 2.47 bits per heavy atom. The number of carbonyl (C=O) groups is 2. The third-order valence-corrected chi connectivity index (χ3v) is 6.89. The number of aryl methyl sites for hydroxylation is 2. The Balaban J connectivity index is 2.15. The quantitative estimate of drug-likeness (QED) is 0.616. The fraction of sp³-hybridized carbons (Fsp3) is 0.400. The number of anilines is 1. The van der Waals surface area contributed by atoms with Crippen molar-refractivity contribution in [2.24, 2.45) is 7.05 Å². The molecule has 0 aliphatic rings. The van der Waals surface area contributed by atoms with Crippen LogP contribution in [0.25, 0.3) is 0 Å². The van der Waals surface area contributed by atoms with Crippen LogP contribution in [0.2, 0.25) is 5.02 Å². The van der Waals surface area contributed by atoms with Crippen LogP contribution in [-0.4, -0.2) is 48.4 Å². The molecule has 2 rings (SSSR count). The van der Waals surface area contributed by atoms with E-state index in [-0.39, 0.29) is 10.6 Å². The molecule has 0 saturated carbocycles. The van der Waals surface area contributed by atoms with E-state index in [2.05, 4.69) is 5.32 Å². The van der Waals surface area contributed by atoms with Gasteiger partial charge in [0, 0.05) is 37.0 Å². The van der Waals surface area contributed by atoms with Crippen LogP contribution in [0.3, 0.4) is 0 Å². The Morgan fingerprint density at radius 1 is 1.23 bits per heavy atom. The molecule has 1 heterocycles. The van der Waals surface area contributed by atoms with Gasteiger partial charge in [-0.2, -0.15) is 4.31 Å². The first-order chi connectivity index (χ1) is 14.0. The predicted octanol–water partition coefficient (Wildman–Crippen LogP) is 3.20. The van der Waals surface area contributed by atoms with Crippen LogP contribution in [0.1, 0.15) is 36.8 Å². The van der Waals surface area contributed by atoms with Crippen molar-refractivity contribution in [1.82, 2.24) is 8.87 Å². The number of nitrogens with one attached hydrogen (secondary N) is 1. The van der Waals surface area contributed by atoms with E-state index < -0.39 is 28.0 Å². The van der Waals surface area contributed by atoms with Crippen LogP contribution in [0, 0.1) is 6.92 Å². The zero-order chi connectivity index (χ0) is 22.6. The molecule has 1 aromatic heterocycles. The predicted molar refractivity (Wildman–Crippen MR) is 115 cm³/mol. The second kappa shape index (κ2) is 9.63. The first-order valence-electron chi connectivity index (χ1n) is 9.45. The molecule has 0 saturated heterocycles. The summed E-state index contributed by atoms with van der Waals surface area (Å²) in [5, 5.41) is 3.14. The highest BCUT2D eigenvalue weighted by molar-refractivity contribution is 7.89. The van der Waals surface area contributed by atoms with Crippen LogP contribution >= 0.6 is 11.6 Å². The SMILES string of the molecule is CCN(CC)S(=O)(=O)c1cc(C(=O)OC(C)C(=O)Nc2cc(Cl)ccc2C)n(C)c1. The summed E-state index contributed by atoms with van der Waals surface area (Å²) in [6, 6.07) is 6.32. The van der Waals surface area contributed by atoms with E-state index in [4.69, 9.17) is 16.3 Å². The lowest BCUT2D eigenvalue weighted by Crippen LogP contribution is -2.31. The van der Waals surface area contributed by atoms with Gasteiger partial charge in [0.15, 0.2) is 6.10 Å². The molecule has 0 fully saturated rings. The molecular weight excluding hydrogens is 430 g/mol. The van der Waals surface area contributed by atoms with Gasteiger partial charge >= 0.3 is 5.97 Å². The normalized spacial score (nSPS) is 12.6. The number of sulfonamides is 1. The van der Waals surface area contributed by atoms with E-state index in [1.54, 1.807) is 32.0 Å². The van der Waals surface area contributed by atoms with Gasteiger partial charge in [-0.25, -0.2) is 13.2 Å². The molecule has 8 nitrogen and oxygen atoms in total. The topological polar surface area (TPSA) is 97.7 Å². The lowest BCUT2D eigenvalue weighted by atomic mass is 10.2. The standard InChI is InChI=1S/C20H26ClN3O5S/c1-6-24(7-2)30(27,28)16-11-18(23(5)12-16)20(26)29-14(4)19(25)22-17-10-15(21)9-8-13(17)3/h8-12,14H,6-7H2,1-5H3,(H,22,25). The highest BCUT2D eigenvalue weighted by atomic mass is 35.5. The average molecular weight is 456 g/mol. The van der Waals surface area contributed by atoms with Gasteiger partial charge in [0.25, 0.3) is 5.91 Å². The Kier molecular flexibility index (Phi) is 7.68. The lowest BCUT2D eigenvalue weighted by Gasteiger charge is -2.17. The van der Waals surface area contributed by atoms with Gasteiger partial charge in [-0.1, -0.05) is 31.5 Å². The van der Waals surface area contributed by atoms with Gasteiger partial charge in [-0.15, -0.1) is 0 Å². The first kappa shape index (κ1) is 23.9. The highest BCUT2D eigenvalue weighted by Crippen LogP contribution is 2.21. The van der Waals surface area contributed by atoms with E-state index >= 15 is 0 Å². The number of hydrogen-bond acceptors (Lipinski definition) is 5. The summed E-state index contributed by atoms with van der Waals surface area (Å²) < 4.78 is 33.2. The van der Waals surface area contributed by atoms with Crippen LogP contribution in [0.4, 0.5) is 5.69 Å². The molecule has 164 valence electrons. The number of halogens is 1. The lowest BCUT2D eigenvalue weighted by molar-refractivity contribution is -0.123. The van der Waals surface area contributed by atoms with E-state index in [0.29, 0.717) is 23.8 Å². The van der Waals surface area contributed by atoms with Crippen molar-refractivity contribution >= 4 is 39.2 Å². The molecule has 1 atom stereocenters. The first-order valence-corrected chi connectivity index (χ1v) is 11.3. The number of rotatable bonds is 8. The number of benzene rings is 1. The maximum Gasteiger partial charge on any atom is 0.355 e. The van der Waals surface area contributed by atoms with E-state index in [0.717, 1.165) is 5.56 Å². The molecule has 1 unspecified atom stereocenters. The Morgan fingerprint density at radius 2 is 1.87 bits per heavy atom. The van der Waals surface area contributed by atoms with Crippen molar-refractivity contribution in [1.29, 1.82) is 0 Å². The van der Waals surface area contributed by atoms with E-state index in [1.165, 1.54) is 35.1 Å². The number of amides is 1. The molecule has 1 N–H and O–H groups in total. The van der Waals surface area contributed by atoms with E-state index in [9.17, 15) is 18.0 Å². The van der Waals surface area contributed by atoms with Crippen molar-refractivity contribution in [3.63, 3.8) is 0 Å². The van der Waals surface area contributed by atoms with Gasteiger partial charge in [0.2, 0.25) is 10.0 Å². The molecule has 1 amide bonds. The summed E-state index contributed by atoms with van der Waals surface area (Å²) in [6.07, 6.45) is 0.248. The van der Waals surface area contributed by atoms with Crippen molar-refractivity contribution in [2.45, 2.75) is 38.7 Å². The molecular formula is C20H26ClN3O5S. The summed E-state index contributed by atoms with van der Waals surface area (Å²) in [7, 11) is -2.18. The second-order valence-electron chi connectivity index (χ2n) is 6.76. The number of aromatic nitrogens is 1. The molecule has 2 aromatic rings. The molecule has 10 heteroatoms. The van der Waals surface area contributed by atoms with Gasteiger partial charge in [0.05, 0.1) is 0 Å². The molecule has 0 bridgehead atoms. The van der Waals surface area contributed by atoms with Crippen LogP contribution in [0.5, 0.6) is 0 Å². The Bertz CT molecular complexity index is 1040. The maximum absolute atomic E-state index is 12.7. The minimum absolute atomic E-state index is 0.00712. The zero-order valence-electron chi connectivity index (χ0n) is 17.6. The number of carbonyl (C=O) groups excluding carboxylic acids is 2. The minimum atomic E-state index is -3.72. The zero-order valence-corrected chi connectivity index (χ0v) is 19.2. The number of nitrogens with zero attached hydrogens (tertiary/aromatic N) is 2. The summed E-state index contributed by atoms with van der Waals surface area (Å²) in [5.74, 6) is -1.33. The fourth-order valence-corrected chi connectivity index (χ4v) is 4.53. The number of ether oxygens (including phenoxy) is 1. The third kappa shape index (κ3) is 5.21. The van der Waals surface area contributed by atoms with Crippen LogP contribution < -0.4 is 5.32 Å². The number of esters is 1. The second-order valence-corrected chi connectivity index (χ2v) is 9.13. The summed E-state index contributed by atoms with van der Waals surface area (Å²) in [4.78, 5) is 25.0. The fourth-order valence-electron chi connectivity index (χ4n) is 2.83. The molecule has 1 aromatic carbocycles. The molecule has 30 heavy (non-hydrogen) atoms. The summed E-state index contributed by atoms with van der Waals surface area (Å²) >= 11 is 5.95. The average Bonchev–Trinajstić information content (AvgIpc) is 3.08. The Hall–Kier alpha value is -2.36. The molecule has 0 radical (unpaired) electrons. The van der Waals surface area contributed by atoms with Gasteiger partial charge < -0.3 is 14.6 Å².